The number of aromatic nitrogens is 2. The normalized spacial score (nSPS) is 12.1. The summed E-state index contributed by atoms with van der Waals surface area (Å²) in [7, 11) is 0. The fourth-order valence-electron chi connectivity index (χ4n) is 2.12. The number of nitrogens with one attached hydrogen (secondary N) is 1. The Morgan fingerprint density at radius 1 is 1.23 bits per heavy atom. The van der Waals surface area contributed by atoms with Crippen LogP contribution in [0, 0.1) is 0 Å². The van der Waals surface area contributed by atoms with Gasteiger partial charge in [-0.3, -0.25) is 14.3 Å². The number of benzene rings is 1. The highest BCUT2D eigenvalue weighted by molar-refractivity contribution is 5.92. The third kappa shape index (κ3) is 3.94. The molecule has 0 bridgehead atoms. The number of hydrogen-bond acceptors (Lipinski definition) is 3. The van der Waals surface area contributed by atoms with Gasteiger partial charge in [0.25, 0.3) is 5.91 Å². The molecule has 2 aromatic rings. The minimum absolute atomic E-state index is 0.0423. The van der Waals surface area contributed by atoms with Crippen LogP contribution < -0.4 is 11.1 Å². The van der Waals surface area contributed by atoms with Crippen molar-refractivity contribution in [2.75, 3.05) is 0 Å². The van der Waals surface area contributed by atoms with Crippen molar-refractivity contribution in [3.63, 3.8) is 0 Å². The molecule has 0 aliphatic rings. The van der Waals surface area contributed by atoms with Crippen molar-refractivity contribution in [3.05, 3.63) is 53.9 Å². The Hall–Kier alpha value is -2.63. The zero-order valence-corrected chi connectivity index (χ0v) is 12.7. The molecule has 1 aromatic carbocycles. The lowest BCUT2D eigenvalue weighted by molar-refractivity contribution is -0.118. The second-order valence-electron chi connectivity index (χ2n) is 5.38. The van der Waals surface area contributed by atoms with E-state index in [0.717, 1.165) is 5.56 Å². The van der Waals surface area contributed by atoms with Crippen LogP contribution in [0.3, 0.4) is 0 Å². The van der Waals surface area contributed by atoms with Gasteiger partial charge in [-0.25, -0.2) is 0 Å². The lowest BCUT2D eigenvalue weighted by atomic mass is 10.0. The van der Waals surface area contributed by atoms with Crippen molar-refractivity contribution in [3.8, 4) is 0 Å². The Kier molecular flexibility index (Phi) is 4.93. The van der Waals surface area contributed by atoms with Gasteiger partial charge in [0.05, 0.1) is 12.5 Å². The van der Waals surface area contributed by atoms with E-state index in [1.54, 1.807) is 16.9 Å². The molecule has 0 fully saturated rings. The summed E-state index contributed by atoms with van der Waals surface area (Å²) in [6.07, 6.45) is 1.80. The van der Waals surface area contributed by atoms with Gasteiger partial charge in [0.15, 0.2) is 0 Å². The average molecular weight is 300 g/mol. The predicted octanol–water partition coefficient (Wildman–Crippen LogP) is 1.81. The highest BCUT2D eigenvalue weighted by Gasteiger charge is 2.19. The fourth-order valence-corrected chi connectivity index (χ4v) is 2.12. The third-order valence-corrected chi connectivity index (χ3v) is 3.28. The van der Waals surface area contributed by atoms with Crippen molar-refractivity contribution >= 4 is 11.8 Å². The van der Waals surface area contributed by atoms with Gasteiger partial charge in [-0.05, 0) is 25.5 Å². The maximum atomic E-state index is 12.3. The second kappa shape index (κ2) is 6.89. The van der Waals surface area contributed by atoms with Gasteiger partial charge in [-0.2, -0.15) is 5.10 Å². The highest BCUT2D eigenvalue weighted by atomic mass is 16.2. The Balaban J connectivity index is 2.15. The van der Waals surface area contributed by atoms with Gasteiger partial charge in [0.2, 0.25) is 5.91 Å². The molecule has 6 heteroatoms. The number of nitrogens with two attached hydrogens (primary N) is 1. The quantitative estimate of drug-likeness (QED) is 0.852. The van der Waals surface area contributed by atoms with Crippen LogP contribution in [0.4, 0.5) is 0 Å². The number of primary amides is 1. The third-order valence-electron chi connectivity index (χ3n) is 3.28. The van der Waals surface area contributed by atoms with E-state index >= 15 is 0 Å². The average Bonchev–Trinajstić information content (AvgIpc) is 2.97. The summed E-state index contributed by atoms with van der Waals surface area (Å²) in [4.78, 5) is 23.6. The van der Waals surface area contributed by atoms with Crippen LogP contribution in [0.2, 0.25) is 0 Å². The van der Waals surface area contributed by atoms with E-state index in [4.69, 9.17) is 5.73 Å². The van der Waals surface area contributed by atoms with Gasteiger partial charge in [-0.1, -0.05) is 30.3 Å². The monoisotopic (exact) mass is 300 g/mol. The molecular formula is C16H20N4O2. The molecule has 1 aromatic heterocycles. The summed E-state index contributed by atoms with van der Waals surface area (Å²) in [5.41, 5.74) is 6.43. The molecule has 0 unspecified atom stereocenters. The van der Waals surface area contributed by atoms with Crippen LogP contribution in [0.25, 0.3) is 0 Å². The van der Waals surface area contributed by atoms with Crippen molar-refractivity contribution in [1.82, 2.24) is 15.1 Å². The standard InChI is InChI=1S/C16H20N4O2/c1-11(2)20-9-8-13(19-20)16(22)18-14(10-15(17)21)12-6-4-3-5-7-12/h3-9,11,14H,10H2,1-2H3,(H2,17,21)(H,18,22)/t14-/m1/s1. The van der Waals surface area contributed by atoms with Crippen LogP contribution in [0.1, 0.15) is 48.4 Å². The number of hydrogen-bond donors (Lipinski definition) is 2. The lowest BCUT2D eigenvalue weighted by Gasteiger charge is -2.17. The van der Waals surface area contributed by atoms with Crippen LogP contribution >= 0.6 is 0 Å². The van der Waals surface area contributed by atoms with Gasteiger partial charge >= 0.3 is 0 Å². The molecule has 1 atom stereocenters. The Labute approximate surface area is 129 Å². The molecule has 116 valence electrons. The highest BCUT2D eigenvalue weighted by Crippen LogP contribution is 2.17. The molecule has 6 nitrogen and oxygen atoms in total. The van der Waals surface area contributed by atoms with Crippen LogP contribution in [0.5, 0.6) is 0 Å². The first-order valence-corrected chi connectivity index (χ1v) is 7.16. The smallest absolute Gasteiger partial charge is 0.272 e. The van der Waals surface area contributed by atoms with Crippen molar-refractivity contribution < 1.29 is 9.59 Å². The summed E-state index contributed by atoms with van der Waals surface area (Å²) in [5, 5.41) is 7.04. The second-order valence-corrected chi connectivity index (χ2v) is 5.38. The molecule has 0 radical (unpaired) electrons. The van der Waals surface area contributed by atoms with Crippen molar-refractivity contribution in [2.45, 2.75) is 32.4 Å². The summed E-state index contributed by atoms with van der Waals surface area (Å²) < 4.78 is 1.71. The Bertz CT molecular complexity index is 649. The van der Waals surface area contributed by atoms with Gasteiger partial charge < -0.3 is 11.1 Å². The first-order valence-electron chi connectivity index (χ1n) is 7.16. The minimum Gasteiger partial charge on any atom is -0.370 e. The van der Waals surface area contributed by atoms with E-state index in [-0.39, 0.29) is 18.4 Å². The molecule has 0 saturated heterocycles. The Morgan fingerprint density at radius 2 is 1.91 bits per heavy atom. The zero-order chi connectivity index (χ0) is 16.1. The molecule has 3 N–H and O–H groups in total. The molecule has 2 amide bonds. The molecule has 0 aliphatic heterocycles. The van der Waals surface area contributed by atoms with Gasteiger partial charge in [0.1, 0.15) is 5.69 Å². The lowest BCUT2D eigenvalue weighted by Crippen LogP contribution is -2.32. The number of carbonyl (C=O) groups excluding carboxylic acids is 2. The van der Waals surface area contributed by atoms with Crippen molar-refractivity contribution in [1.29, 1.82) is 0 Å². The van der Waals surface area contributed by atoms with Crippen molar-refractivity contribution in [2.24, 2.45) is 5.73 Å². The first-order chi connectivity index (χ1) is 10.5. The molecule has 1 heterocycles. The Morgan fingerprint density at radius 3 is 2.45 bits per heavy atom. The van der Waals surface area contributed by atoms with E-state index in [9.17, 15) is 9.59 Å². The van der Waals surface area contributed by atoms with E-state index in [2.05, 4.69) is 10.4 Å². The van der Waals surface area contributed by atoms with E-state index < -0.39 is 11.9 Å². The van der Waals surface area contributed by atoms with E-state index in [0.29, 0.717) is 5.69 Å². The number of carbonyl (C=O) groups is 2. The predicted molar refractivity (Wildman–Crippen MR) is 83.1 cm³/mol. The molecule has 22 heavy (non-hydrogen) atoms. The number of amides is 2. The topological polar surface area (TPSA) is 90.0 Å². The van der Waals surface area contributed by atoms with Gasteiger partial charge in [0, 0.05) is 12.2 Å². The van der Waals surface area contributed by atoms with Crippen LogP contribution in [-0.4, -0.2) is 21.6 Å². The summed E-state index contributed by atoms with van der Waals surface area (Å²) in [6.45, 7) is 3.96. The van der Waals surface area contributed by atoms with E-state index in [1.807, 2.05) is 44.2 Å². The molecule has 2 rings (SSSR count). The SMILES string of the molecule is CC(C)n1ccc(C(=O)N[C@H](CC(N)=O)c2ccccc2)n1. The largest absolute Gasteiger partial charge is 0.370 e. The maximum absolute atomic E-state index is 12.3. The number of rotatable bonds is 6. The first kappa shape index (κ1) is 15.8. The van der Waals surface area contributed by atoms with Crippen LogP contribution in [-0.2, 0) is 4.79 Å². The molecular weight excluding hydrogens is 280 g/mol. The minimum atomic E-state index is -0.470. The zero-order valence-electron chi connectivity index (χ0n) is 12.7. The fraction of sp³-hybridized carbons (Fsp3) is 0.312. The molecule has 0 aliphatic carbocycles. The summed E-state index contributed by atoms with van der Waals surface area (Å²) in [5.74, 6) is -0.795. The number of nitrogens with zero attached hydrogens (tertiary/aromatic N) is 2. The molecule has 0 spiro atoms. The van der Waals surface area contributed by atoms with E-state index in [1.165, 1.54) is 0 Å². The van der Waals surface area contributed by atoms with Gasteiger partial charge in [-0.15, -0.1) is 0 Å². The summed E-state index contributed by atoms with van der Waals surface area (Å²) >= 11 is 0. The molecule has 0 saturated carbocycles. The van der Waals surface area contributed by atoms with Crippen LogP contribution in [0.15, 0.2) is 42.6 Å². The summed E-state index contributed by atoms with van der Waals surface area (Å²) in [6, 6.07) is 10.6. The maximum Gasteiger partial charge on any atom is 0.272 e.